The minimum Gasteiger partial charge on any atom is -0.481 e. The van der Waals surface area contributed by atoms with Crippen LogP contribution in [0.15, 0.2) is 33.3 Å². The fourth-order valence-corrected chi connectivity index (χ4v) is 4.43. The summed E-state index contributed by atoms with van der Waals surface area (Å²) in [6.07, 6.45) is 0. The lowest BCUT2D eigenvalue weighted by molar-refractivity contribution is -0.140. The molecule has 1 N–H and O–H groups in total. The van der Waals surface area contributed by atoms with Crippen molar-refractivity contribution in [2.45, 2.75) is 13.0 Å². The van der Waals surface area contributed by atoms with Crippen molar-refractivity contribution in [3.63, 3.8) is 0 Å². The number of hydrogen-bond donors (Lipinski definition) is 1. The van der Waals surface area contributed by atoms with E-state index in [1.165, 1.54) is 16.0 Å². The van der Waals surface area contributed by atoms with Gasteiger partial charge in [-0.15, -0.1) is 11.3 Å². The van der Waals surface area contributed by atoms with Gasteiger partial charge < -0.3 is 5.11 Å². The average Bonchev–Trinajstić information content (AvgIpc) is 3.25. The van der Waals surface area contributed by atoms with Crippen molar-refractivity contribution in [3.05, 3.63) is 33.2 Å². The summed E-state index contributed by atoms with van der Waals surface area (Å²) in [5.41, 5.74) is 2.71. The molecule has 3 aromatic rings. The Morgan fingerprint density at radius 1 is 1.35 bits per heavy atom. The van der Waals surface area contributed by atoms with E-state index in [1.807, 2.05) is 22.9 Å². The zero-order chi connectivity index (χ0) is 16.0. The maximum atomic E-state index is 11.8. The number of fused-ring (bicyclic) bond motifs is 1. The summed E-state index contributed by atoms with van der Waals surface area (Å²) in [7, 11) is 0. The Kier molecular flexibility index (Phi) is 3.31. The van der Waals surface area contributed by atoms with Crippen LogP contribution in [0.25, 0.3) is 11.1 Å². The van der Waals surface area contributed by atoms with Crippen LogP contribution in [0.3, 0.4) is 0 Å². The predicted molar refractivity (Wildman–Crippen MR) is 87.5 cm³/mol. The Bertz CT molecular complexity index is 896. The van der Waals surface area contributed by atoms with Gasteiger partial charge in [0.2, 0.25) is 0 Å². The number of aliphatic imine (C=N–C) groups is 1. The molecular weight excluding hydrogens is 334 g/mol. The van der Waals surface area contributed by atoms with Crippen molar-refractivity contribution in [1.82, 2.24) is 20.2 Å². The molecule has 7 nitrogen and oxygen atoms in total. The van der Waals surface area contributed by atoms with Crippen molar-refractivity contribution in [3.8, 4) is 11.1 Å². The second kappa shape index (κ2) is 5.36. The first-order chi connectivity index (χ1) is 11.1. The molecule has 0 saturated heterocycles. The fraction of sp³-hybridized carbons (Fsp3) is 0.214. The number of aliphatic carboxylic acids is 1. The Morgan fingerprint density at radius 3 is 2.96 bits per heavy atom. The van der Waals surface area contributed by atoms with E-state index in [2.05, 4.69) is 25.9 Å². The van der Waals surface area contributed by atoms with Crippen molar-refractivity contribution in [2.75, 3.05) is 0 Å². The molecule has 0 aromatic carbocycles. The van der Waals surface area contributed by atoms with Gasteiger partial charge in [0.1, 0.15) is 12.0 Å². The van der Waals surface area contributed by atoms with E-state index < -0.39 is 17.9 Å². The van der Waals surface area contributed by atoms with Crippen LogP contribution >= 0.6 is 22.7 Å². The van der Waals surface area contributed by atoms with E-state index >= 15 is 0 Å². The van der Waals surface area contributed by atoms with Crippen LogP contribution in [0.1, 0.15) is 17.8 Å². The average molecular weight is 345 g/mol. The van der Waals surface area contributed by atoms with Crippen molar-refractivity contribution >= 4 is 40.3 Å². The minimum atomic E-state index is -0.928. The Balaban J connectivity index is 1.82. The molecule has 2 atom stereocenters. The second-order valence-electron chi connectivity index (χ2n) is 5.19. The van der Waals surface area contributed by atoms with E-state index in [-0.39, 0.29) is 0 Å². The van der Waals surface area contributed by atoms with Crippen LogP contribution in [0.2, 0.25) is 0 Å². The van der Waals surface area contributed by atoms with E-state index in [0.717, 1.165) is 16.0 Å². The number of aromatic nitrogens is 4. The minimum absolute atomic E-state index is 0.343. The molecule has 4 heterocycles. The highest BCUT2D eigenvalue weighted by atomic mass is 32.1. The Hall–Kier alpha value is -2.39. The van der Waals surface area contributed by atoms with Crippen LogP contribution in [-0.2, 0) is 4.79 Å². The first-order valence-electron chi connectivity index (χ1n) is 6.82. The molecule has 0 saturated carbocycles. The maximum Gasteiger partial charge on any atom is 0.314 e. The van der Waals surface area contributed by atoms with Gasteiger partial charge in [-0.1, -0.05) is 5.10 Å². The molecule has 9 heteroatoms. The van der Waals surface area contributed by atoms with Gasteiger partial charge >= 0.3 is 5.97 Å². The molecule has 2 unspecified atom stereocenters. The van der Waals surface area contributed by atoms with Gasteiger partial charge in [0.05, 0.1) is 0 Å². The molecule has 0 radical (unpaired) electrons. The molecule has 23 heavy (non-hydrogen) atoms. The third kappa shape index (κ3) is 2.28. The smallest absolute Gasteiger partial charge is 0.314 e. The van der Waals surface area contributed by atoms with E-state index in [1.54, 1.807) is 18.3 Å². The monoisotopic (exact) mass is 345 g/mol. The van der Waals surface area contributed by atoms with Gasteiger partial charge in [-0.05, 0) is 56.8 Å². The summed E-state index contributed by atoms with van der Waals surface area (Å²) in [4.78, 5) is 16.9. The summed E-state index contributed by atoms with van der Waals surface area (Å²) in [5.74, 6) is -1.36. The molecule has 0 spiro atoms. The number of hydrogen-bond acceptors (Lipinski definition) is 7. The maximum absolute atomic E-state index is 11.8. The summed E-state index contributed by atoms with van der Waals surface area (Å²) >= 11 is 3.14. The third-order valence-corrected chi connectivity index (χ3v) is 5.50. The highest BCUT2D eigenvalue weighted by molar-refractivity contribution is 7.10. The van der Waals surface area contributed by atoms with Crippen molar-refractivity contribution in [1.29, 1.82) is 0 Å². The van der Waals surface area contributed by atoms with Gasteiger partial charge in [-0.25, -0.2) is 9.67 Å². The molecule has 1 aliphatic heterocycles. The highest BCUT2D eigenvalue weighted by Crippen LogP contribution is 2.39. The molecule has 3 aromatic heterocycles. The molecule has 0 bridgehead atoms. The second-order valence-corrected chi connectivity index (χ2v) is 6.91. The molecular formula is C14H11N5O2S2. The van der Waals surface area contributed by atoms with Crippen LogP contribution < -0.4 is 0 Å². The predicted octanol–water partition coefficient (Wildman–Crippen LogP) is 2.86. The fourth-order valence-electron chi connectivity index (χ4n) is 2.73. The van der Waals surface area contributed by atoms with E-state index in [9.17, 15) is 9.90 Å². The number of nitrogens with zero attached hydrogens (tertiary/aromatic N) is 5. The lowest BCUT2D eigenvalue weighted by Gasteiger charge is -2.26. The number of rotatable bonds is 3. The first kappa shape index (κ1) is 14.2. The quantitative estimate of drug-likeness (QED) is 0.788. The lowest BCUT2D eigenvalue weighted by atomic mass is 9.92. The van der Waals surface area contributed by atoms with Gasteiger partial charge in [-0.2, -0.15) is 11.3 Å². The molecule has 0 fully saturated rings. The topological polar surface area (TPSA) is 93.3 Å². The molecule has 116 valence electrons. The summed E-state index contributed by atoms with van der Waals surface area (Å²) in [6.45, 7) is 1.71. The van der Waals surface area contributed by atoms with Crippen molar-refractivity contribution in [2.24, 2.45) is 10.9 Å². The lowest BCUT2D eigenvalue weighted by Crippen LogP contribution is -2.35. The number of thiophene rings is 2. The SMILES string of the molecule is CC1=Nc2nnnn2C(c2cc(-c3ccsc3)cs2)C1C(=O)O. The number of tetrazole rings is 1. The third-order valence-electron chi connectivity index (χ3n) is 3.81. The molecule has 0 amide bonds. The van der Waals surface area contributed by atoms with Crippen LogP contribution in [0.5, 0.6) is 0 Å². The highest BCUT2D eigenvalue weighted by Gasteiger charge is 2.40. The van der Waals surface area contributed by atoms with Crippen molar-refractivity contribution < 1.29 is 9.90 Å². The molecule has 1 aliphatic rings. The van der Waals surface area contributed by atoms with Gasteiger partial charge in [0.15, 0.2) is 0 Å². The van der Waals surface area contributed by atoms with Gasteiger partial charge in [-0.3, -0.25) is 4.79 Å². The zero-order valence-corrected chi connectivity index (χ0v) is 13.6. The summed E-state index contributed by atoms with van der Waals surface area (Å²) < 4.78 is 1.50. The van der Waals surface area contributed by atoms with E-state index in [4.69, 9.17) is 0 Å². The van der Waals surface area contributed by atoms with Crippen LogP contribution in [-0.4, -0.2) is 37.0 Å². The van der Waals surface area contributed by atoms with Gasteiger partial charge in [0.25, 0.3) is 5.95 Å². The van der Waals surface area contributed by atoms with E-state index in [0.29, 0.717) is 11.7 Å². The van der Waals surface area contributed by atoms with Crippen LogP contribution in [0, 0.1) is 5.92 Å². The molecule has 0 aliphatic carbocycles. The summed E-state index contributed by atoms with van der Waals surface area (Å²) in [5, 5.41) is 27.2. The summed E-state index contributed by atoms with van der Waals surface area (Å²) in [6, 6.07) is 3.57. The number of carboxylic acid groups (broad SMARTS) is 1. The number of carbonyl (C=O) groups is 1. The largest absolute Gasteiger partial charge is 0.481 e. The standard InChI is InChI=1S/C14H11N5O2S2/c1-7-11(13(20)21)12(19-14(15-7)16-17-18-19)10-4-9(6-23-10)8-2-3-22-5-8/h2-6,11-12H,1H3,(H,20,21). The zero-order valence-electron chi connectivity index (χ0n) is 11.9. The Labute approximate surface area is 138 Å². The number of carboxylic acids is 1. The van der Waals surface area contributed by atoms with Crippen LogP contribution in [0.4, 0.5) is 5.95 Å². The normalized spacial score (nSPS) is 20.1. The first-order valence-corrected chi connectivity index (χ1v) is 8.64. The molecule has 4 rings (SSSR count). The van der Waals surface area contributed by atoms with Gasteiger partial charge in [0, 0.05) is 10.6 Å². The Morgan fingerprint density at radius 2 is 2.22 bits per heavy atom.